The van der Waals surface area contributed by atoms with Gasteiger partial charge in [0.2, 0.25) is 0 Å². The Bertz CT molecular complexity index is 589. The average Bonchev–Trinajstić information content (AvgIpc) is 2.88. The van der Waals surface area contributed by atoms with Gasteiger partial charge in [0.05, 0.1) is 6.61 Å². The van der Waals surface area contributed by atoms with E-state index in [-0.39, 0.29) is 5.75 Å². The monoisotopic (exact) mass is 313 g/mol. The van der Waals surface area contributed by atoms with E-state index < -0.39 is 5.82 Å². The van der Waals surface area contributed by atoms with Gasteiger partial charge in [0.25, 0.3) is 0 Å². The number of nitrogen functional groups attached to an aromatic ring is 1. The summed E-state index contributed by atoms with van der Waals surface area (Å²) in [5, 5.41) is 0. The minimum atomic E-state index is -0.438. The highest BCUT2D eigenvalue weighted by atomic mass is 32.2. The Morgan fingerprint density at radius 1 is 1.40 bits per heavy atom. The molecular weight excluding hydrogens is 297 g/mol. The van der Waals surface area contributed by atoms with Crippen LogP contribution < -0.4 is 10.5 Å². The van der Waals surface area contributed by atoms with Gasteiger partial charge >= 0.3 is 0 Å². The van der Waals surface area contributed by atoms with Gasteiger partial charge in [-0.05, 0) is 24.0 Å². The highest BCUT2D eigenvalue weighted by Crippen LogP contribution is 2.36. The van der Waals surface area contributed by atoms with Crippen molar-refractivity contribution in [1.82, 2.24) is 9.36 Å². The van der Waals surface area contributed by atoms with E-state index in [1.165, 1.54) is 29.4 Å². The maximum Gasteiger partial charge on any atom is 0.174 e. The molecule has 0 spiro atoms. The molecule has 0 aliphatic heterocycles. The Morgan fingerprint density at radius 2 is 2.20 bits per heavy atom. The normalized spacial score (nSPS) is 10.8. The first-order valence-corrected chi connectivity index (χ1v) is 7.95. The molecule has 2 aromatic rings. The number of nitrogens with two attached hydrogens (primary N) is 1. The van der Waals surface area contributed by atoms with Crippen LogP contribution in [0.1, 0.15) is 26.1 Å². The summed E-state index contributed by atoms with van der Waals surface area (Å²) < 4.78 is 24.1. The second kappa shape index (κ2) is 6.90. The van der Waals surface area contributed by atoms with Crippen LogP contribution in [0.5, 0.6) is 5.75 Å². The van der Waals surface area contributed by atoms with Crippen LogP contribution in [0.3, 0.4) is 0 Å². The third-order valence-electron chi connectivity index (χ3n) is 2.49. The zero-order valence-electron chi connectivity index (χ0n) is 11.4. The van der Waals surface area contributed by atoms with Gasteiger partial charge in [0.15, 0.2) is 15.9 Å². The number of nitrogens with zero attached hydrogens (tertiary/aromatic N) is 2. The first-order valence-electron chi connectivity index (χ1n) is 6.36. The Labute approximate surface area is 125 Å². The SMILES string of the molecule is CCCOc1cc(Sc2nc(CC)ns2)c(N)cc1F. The van der Waals surface area contributed by atoms with E-state index in [4.69, 9.17) is 10.5 Å². The molecule has 0 unspecified atom stereocenters. The lowest BCUT2D eigenvalue weighted by molar-refractivity contribution is 0.300. The summed E-state index contributed by atoms with van der Waals surface area (Å²) in [4.78, 5) is 5.09. The second-order valence-corrected chi connectivity index (χ2v) is 6.14. The molecule has 0 saturated heterocycles. The Hall–Kier alpha value is -1.34. The molecule has 1 aromatic heterocycles. The van der Waals surface area contributed by atoms with Crippen molar-refractivity contribution in [2.24, 2.45) is 0 Å². The molecule has 1 aromatic carbocycles. The summed E-state index contributed by atoms with van der Waals surface area (Å²) in [6.45, 7) is 4.45. The molecule has 0 atom stereocenters. The van der Waals surface area contributed by atoms with Crippen molar-refractivity contribution in [3.63, 3.8) is 0 Å². The van der Waals surface area contributed by atoms with Gasteiger partial charge in [-0.3, -0.25) is 0 Å². The largest absolute Gasteiger partial charge is 0.490 e. The average molecular weight is 313 g/mol. The zero-order chi connectivity index (χ0) is 14.5. The zero-order valence-corrected chi connectivity index (χ0v) is 13.0. The van der Waals surface area contributed by atoms with Gasteiger partial charge in [0, 0.05) is 23.1 Å². The van der Waals surface area contributed by atoms with Crippen molar-refractivity contribution in [1.29, 1.82) is 0 Å². The minimum absolute atomic E-state index is 0.226. The van der Waals surface area contributed by atoms with Crippen molar-refractivity contribution < 1.29 is 9.13 Å². The van der Waals surface area contributed by atoms with Crippen LogP contribution in [0.4, 0.5) is 10.1 Å². The number of hydrogen-bond donors (Lipinski definition) is 1. The lowest BCUT2D eigenvalue weighted by Crippen LogP contribution is -1.99. The molecule has 7 heteroatoms. The van der Waals surface area contributed by atoms with Crippen LogP contribution in [0.15, 0.2) is 21.4 Å². The Kier molecular flexibility index (Phi) is 5.19. The van der Waals surface area contributed by atoms with Crippen molar-refractivity contribution in [3.05, 3.63) is 23.8 Å². The van der Waals surface area contributed by atoms with Gasteiger partial charge in [0.1, 0.15) is 5.82 Å². The smallest absolute Gasteiger partial charge is 0.174 e. The summed E-state index contributed by atoms with van der Waals surface area (Å²) in [7, 11) is 0. The number of anilines is 1. The van der Waals surface area contributed by atoms with Crippen LogP contribution in [-0.2, 0) is 6.42 Å². The molecule has 108 valence electrons. The summed E-state index contributed by atoms with van der Waals surface area (Å²) >= 11 is 2.70. The van der Waals surface area contributed by atoms with Crippen LogP contribution in [0.2, 0.25) is 0 Å². The first kappa shape index (κ1) is 15.1. The van der Waals surface area contributed by atoms with Crippen molar-refractivity contribution in [2.45, 2.75) is 35.9 Å². The second-order valence-electron chi connectivity index (χ2n) is 4.10. The van der Waals surface area contributed by atoms with E-state index in [1.807, 2.05) is 13.8 Å². The summed E-state index contributed by atoms with van der Waals surface area (Å²) in [6, 6.07) is 2.91. The standard InChI is InChI=1S/C13H16FN3OS2/c1-3-5-18-10-7-11(9(15)6-8(10)14)19-13-16-12(4-2)17-20-13/h6-7H,3-5,15H2,1-2H3. The third-order valence-corrected chi connectivity index (χ3v) is 4.35. The first-order chi connectivity index (χ1) is 9.63. The minimum Gasteiger partial charge on any atom is -0.490 e. The summed E-state index contributed by atoms with van der Waals surface area (Å²) in [5.41, 5.74) is 6.23. The number of benzene rings is 1. The van der Waals surface area contributed by atoms with E-state index in [0.29, 0.717) is 12.3 Å². The summed E-state index contributed by atoms with van der Waals surface area (Å²) in [5.74, 6) is 0.594. The fourth-order valence-electron chi connectivity index (χ4n) is 1.48. The fraction of sp³-hybridized carbons (Fsp3) is 0.385. The molecule has 2 rings (SSSR count). The van der Waals surface area contributed by atoms with Gasteiger partial charge < -0.3 is 10.5 Å². The molecule has 0 bridgehead atoms. The number of aromatic nitrogens is 2. The lowest BCUT2D eigenvalue weighted by Gasteiger charge is -2.09. The fourth-order valence-corrected chi connectivity index (χ4v) is 3.19. The van der Waals surface area contributed by atoms with Crippen LogP contribution in [0.25, 0.3) is 0 Å². The third kappa shape index (κ3) is 3.61. The molecular formula is C13H16FN3OS2. The Balaban J connectivity index is 2.21. The van der Waals surface area contributed by atoms with E-state index in [1.54, 1.807) is 6.07 Å². The van der Waals surface area contributed by atoms with Crippen molar-refractivity contribution in [3.8, 4) is 5.75 Å². The van der Waals surface area contributed by atoms with Gasteiger partial charge in [-0.2, -0.15) is 4.37 Å². The predicted octanol–water partition coefficient (Wildman–Crippen LogP) is 3.76. The molecule has 4 nitrogen and oxygen atoms in total. The lowest BCUT2D eigenvalue weighted by atomic mass is 10.3. The number of ether oxygens (including phenoxy) is 1. The van der Waals surface area contributed by atoms with E-state index in [9.17, 15) is 4.39 Å². The number of rotatable bonds is 6. The van der Waals surface area contributed by atoms with Gasteiger partial charge in [-0.25, -0.2) is 9.37 Å². The van der Waals surface area contributed by atoms with Crippen molar-refractivity contribution in [2.75, 3.05) is 12.3 Å². The number of hydrogen-bond acceptors (Lipinski definition) is 6. The van der Waals surface area contributed by atoms with Crippen LogP contribution in [0, 0.1) is 5.82 Å². The molecule has 0 saturated carbocycles. The number of halogens is 1. The number of aryl methyl sites for hydroxylation is 1. The van der Waals surface area contributed by atoms with Crippen molar-refractivity contribution >= 4 is 29.0 Å². The molecule has 0 radical (unpaired) electrons. The molecule has 2 N–H and O–H groups in total. The summed E-state index contributed by atoms with van der Waals surface area (Å²) in [6.07, 6.45) is 1.61. The molecule has 0 fully saturated rings. The molecule has 1 heterocycles. The maximum atomic E-state index is 13.7. The van der Waals surface area contributed by atoms with Gasteiger partial charge in [-0.15, -0.1) is 0 Å². The predicted molar refractivity (Wildman–Crippen MR) is 80.0 cm³/mol. The van der Waals surface area contributed by atoms with Crippen LogP contribution >= 0.6 is 23.3 Å². The van der Waals surface area contributed by atoms with Gasteiger partial charge in [-0.1, -0.05) is 25.6 Å². The molecule has 0 amide bonds. The molecule has 20 heavy (non-hydrogen) atoms. The topological polar surface area (TPSA) is 61.0 Å². The van der Waals surface area contributed by atoms with E-state index in [2.05, 4.69) is 9.36 Å². The van der Waals surface area contributed by atoms with Crippen LogP contribution in [-0.4, -0.2) is 16.0 Å². The Morgan fingerprint density at radius 3 is 2.85 bits per heavy atom. The van der Waals surface area contributed by atoms with E-state index in [0.717, 1.165) is 27.9 Å². The molecule has 0 aliphatic rings. The maximum absolute atomic E-state index is 13.7. The van der Waals surface area contributed by atoms with E-state index >= 15 is 0 Å². The molecule has 0 aliphatic carbocycles. The highest BCUT2D eigenvalue weighted by molar-refractivity contribution is 8.01. The quantitative estimate of drug-likeness (QED) is 0.823. The highest BCUT2D eigenvalue weighted by Gasteiger charge is 2.12.